The Hall–Kier alpha value is -1.47. The minimum atomic E-state index is -0.365. The van der Waals surface area contributed by atoms with E-state index in [1.165, 1.54) is 23.1 Å². The number of allylic oxidation sites excluding steroid dienone is 1. The molecule has 2 heterocycles. The Morgan fingerprint density at radius 2 is 2.16 bits per heavy atom. The van der Waals surface area contributed by atoms with Crippen LogP contribution in [0, 0.1) is 0 Å². The van der Waals surface area contributed by atoms with E-state index in [1.807, 2.05) is 13.0 Å². The maximum absolute atomic E-state index is 11.9. The number of nitrogens with one attached hydrogen (secondary N) is 2. The molecular formula is C12H14N2O3S2. The third-order valence-corrected chi connectivity index (χ3v) is 4.35. The second kappa shape index (κ2) is 6.63. The smallest absolute Gasteiger partial charge is 0.283 e. The third-order valence-electron chi connectivity index (χ3n) is 2.35. The van der Waals surface area contributed by atoms with E-state index in [9.17, 15) is 9.59 Å². The van der Waals surface area contributed by atoms with Gasteiger partial charge in [-0.2, -0.15) is 0 Å². The molecule has 0 aromatic carbocycles. The number of hydrazine groups is 1. The molecule has 2 N–H and O–H groups in total. The quantitative estimate of drug-likeness (QED) is 0.834. The first-order chi connectivity index (χ1) is 9.22. The highest BCUT2D eigenvalue weighted by Gasteiger charge is 2.17. The molecule has 102 valence electrons. The summed E-state index contributed by atoms with van der Waals surface area (Å²) in [6.07, 6.45) is 2.75. The Morgan fingerprint density at radius 3 is 2.84 bits per heavy atom. The molecule has 0 unspecified atom stereocenters. The molecule has 19 heavy (non-hydrogen) atoms. The molecule has 1 aliphatic heterocycles. The van der Waals surface area contributed by atoms with Crippen molar-refractivity contribution in [2.24, 2.45) is 0 Å². The molecule has 0 saturated heterocycles. The van der Waals surface area contributed by atoms with Crippen LogP contribution in [0.3, 0.4) is 0 Å². The molecule has 0 saturated carbocycles. The van der Waals surface area contributed by atoms with Gasteiger partial charge in [0, 0.05) is 5.75 Å². The Balaban J connectivity index is 1.90. The van der Waals surface area contributed by atoms with Gasteiger partial charge in [-0.15, -0.1) is 23.1 Å². The van der Waals surface area contributed by atoms with Crippen molar-refractivity contribution >= 4 is 34.9 Å². The fourth-order valence-corrected chi connectivity index (χ4v) is 3.14. The fourth-order valence-electron chi connectivity index (χ4n) is 1.54. The van der Waals surface area contributed by atoms with Gasteiger partial charge in [0.25, 0.3) is 11.8 Å². The topological polar surface area (TPSA) is 67.4 Å². The van der Waals surface area contributed by atoms with Gasteiger partial charge in [0.15, 0.2) is 0 Å². The molecule has 2 amide bonds. The van der Waals surface area contributed by atoms with Crippen LogP contribution in [-0.4, -0.2) is 24.2 Å². The Kier molecular flexibility index (Phi) is 4.86. The summed E-state index contributed by atoms with van der Waals surface area (Å²) in [5.74, 6) is 0.810. The first-order valence-corrected chi connectivity index (χ1v) is 7.72. The summed E-state index contributed by atoms with van der Waals surface area (Å²) in [5.41, 5.74) is 4.80. The summed E-state index contributed by atoms with van der Waals surface area (Å²) >= 11 is 2.76. The molecule has 0 bridgehead atoms. The van der Waals surface area contributed by atoms with Crippen LogP contribution in [0.25, 0.3) is 0 Å². The lowest BCUT2D eigenvalue weighted by molar-refractivity contribution is -0.117. The van der Waals surface area contributed by atoms with Crippen LogP contribution < -0.4 is 15.6 Å². The lowest BCUT2D eigenvalue weighted by atomic mass is 10.4. The van der Waals surface area contributed by atoms with E-state index < -0.39 is 0 Å². The first-order valence-electron chi connectivity index (χ1n) is 5.86. The summed E-state index contributed by atoms with van der Waals surface area (Å²) in [7, 11) is 0. The molecule has 7 heteroatoms. The van der Waals surface area contributed by atoms with Crippen molar-refractivity contribution in [1.29, 1.82) is 0 Å². The molecule has 0 radical (unpaired) electrons. The van der Waals surface area contributed by atoms with Gasteiger partial charge in [-0.3, -0.25) is 20.4 Å². The van der Waals surface area contributed by atoms with Crippen LogP contribution in [0.4, 0.5) is 0 Å². The number of ether oxygens (including phenoxy) is 1. The van der Waals surface area contributed by atoms with Crippen LogP contribution in [-0.2, 0) is 4.79 Å². The number of rotatable bonds is 4. The van der Waals surface area contributed by atoms with Crippen molar-refractivity contribution in [3.63, 3.8) is 0 Å². The zero-order valence-electron chi connectivity index (χ0n) is 10.4. The second-order valence-corrected chi connectivity index (χ2v) is 5.71. The summed E-state index contributed by atoms with van der Waals surface area (Å²) in [6, 6.07) is 1.74. The average Bonchev–Trinajstić information content (AvgIpc) is 3.06. The summed E-state index contributed by atoms with van der Waals surface area (Å²) < 4.78 is 5.33. The summed E-state index contributed by atoms with van der Waals surface area (Å²) in [4.78, 5) is 24.7. The van der Waals surface area contributed by atoms with E-state index in [2.05, 4.69) is 10.9 Å². The van der Waals surface area contributed by atoms with E-state index in [0.29, 0.717) is 22.1 Å². The van der Waals surface area contributed by atoms with E-state index in [4.69, 9.17) is 4.74 Å². The zero-order valence-corrected chi connectivity index (χ0v) is 12.0. The highest BCUT2D eigenvalue weighted by Crippen LogP contribution is 2.25. The molecule has 0 aliphatic carbocycles. The van der Waals surface area contributed by atoms with Crippen molar-refractivity contribution in [1.82, 2.24) is 10.9 Å². The maximum atomic E-state index is 11.9. The number of carbonyl (C=O) groups excluding carboxylic acids is 2. The van der Waals surface area contributed by atoms with E-state index in [-0.39, 0.29) is 11.8 Å². The Labute approximate surface area is 119 Å². The molecule has 5 nitrogen and oxygen atoms in total. The molecule has 2 rings (SSSR count). The second-order valence-electron chi connectivity index (χ2n) is 3.66. The molecule has 1 aliphatic rings. The number of carbonyl (C=O) groups is 2. The highest BCUT2D eigenvalue weighted by atomic mass is 32.2. The minimum absolute atomic E-state index is 0.273. The largest absolute Gasteiger partial charge is 0.492 e. The van der Waals surface area contributed by atoms with E-state index >= 15 is 0 Å². The van der Waals surface area contributed by atoms with Gasteiger partial charge < -0.3 is 4.74 Å². The molecule has 1 aromatic heterocycles. The molecule has 0 atom stereocenters. The molecule has 0 fully saturated rings. The predicted octanol–water partition coefficient (Wildman–Crippen LogP) is 1.93. The van der Waals surface area contributed by atoms with Crippen molar-refractivity contribution in [2.75, 3.05) is 12.4 Å². The van der Waals surface area contributed by atoms with Crippen LogP contribution >= 0.6 is 23.1 Å². The number of hydrogen-bond donors (Lipinski definition) is 2. The average molecular weight is 298 g/mol. The van der Waals surface area contributed by atoms with Crippen molar-refractivity contribution in [2.45, 2.75) is 13.3 Å². The Morgan fingerprint density at radius 1 is 1.37 bits per heavy atom. The predicted molar refractivity (Wildman–Crippen MR) is 76.3 cm³/mol. The lowest BCUT2D eigenvalue weighted by Gasteiger charge is -2.08. The van der Waals surface area contributed by atoms with Crippen LogP contribution in [0.5, 0.6) is 5.75 Å². The van der Waals surface area contributed by atoms with E-state index in [1.54, 1.807) is 11.4 Å². The number of amides is 2. The van der Waals surface area contributed by atoms with Crippen LogP contribution in [0.1, 0.15) is 23.0 Å². The number of thioether (sulfide) groups is 1. The van der Waals surface area contributed by atoms with Gasteiger partial charge >= 0.3 is 0 Å². The SMILES string of the molecule is CCOc1ccsc1C(=O)NNC(=O)C1=CCCS1. The molecule has 1 aromatic rings. The van der Waals surface area contributed by atoms with Crippen molar-refractivity contribution in [3.8, 4) is 5.75 Å². The zero-order chi connectivity index (χ0) is 13.7. The minimum Gasteiger partial charge on any atom is -0.492 e. The van der Waals surface area contributed by atoms with Gasteiger partial charge in [0.1, 0.15) is 10.6 Å². The maximum Gasteiger partial charge on any atom is 0.283 e. The normalized spacial score (nSPS) is 13.8. The summed E-state index contributed by atoms with van der Waals surface area (Å²) in [6.45, 7) is 2.35. The summed E-state index contributed by atoms with van der Waals surface area (Å²) in [5, 5.41) is 1.77. The molecule has 0 spiro atoms. The van der Waals surface area contributed by atoms with Crippen LogP contribution in [0.15, 0.2) is 22.4 Å². The highest BCUT2D eigenvalue weighted by molar-refractivity contribution is 8.04. The van der Waals surface area contributed by atoms with Gasteiger partial charge in [0.05, 0.1) is 11.5 Å². The van der Waals surface area contributed by atoms with E-state index in [0.717, 1.165) is 12.2 Å². The number of thiophene rings is 1. The van der Waals surface area contributed by atoms with Gasteiger partial charge in [-0.05, 0) is 24.8 Å². The number of hydrogen-bond acceptors (Lipinski definition) is 5. The van der Waals surface area contributed by atoms with Gasteiger partial charge in [-0.1, -0.05) is 6.08 Å². The monoisotopic (exact) mass is 298 g/mol. The van der Waals surface area contributed by atoms with Crippen LogP contribution in [0.2, 0.25) is 0 Å². The Bertz CT molecular complexity index is 511. The third kappa shape index (κ3) is 3.51. The lowest BCUT2D eigenvalue weighted by Crippen LogP contribution is -2.41. The first kappa shape index (κ1) is 14.0. The standard InChI is InChI=1S/C12H14N2O3S2/c1-2-17-8-5-7-19-10(8)12(16)14-13-11(15)9-4-3-6-18-9/h4-5,7H,2-3,6H2,1H3,(H,13,15)(H,14,16). The van der Waals surface area contributed by atoms with Crippen molar-refractivity contribution in [3.05, 3.63) is 27.3 Å². The van der Waals surface area contributed by atoms with Crippen molar-refractivity contribution < 1.29 is 14.3 Å². The van der Waals surface area contributed by atoms with Gasteiger partial charge in [-0.25, -0.2) is 0 Å². The van der Waals surface area contributed by atoms with Gasteiger partial charge in [0.2, 0.25) is 0 Å². The fraction of sp³-hybridized carbons (Fsp3) is 0.333. The molecular weight excluding hydrogens is 284 g/mol.